The van der Waals surface area contributed by atoms with Gasteiger partial charge < -0.3 is 22.8 Å². The number of rotatable bonds is 16. The highest BCUT2D eigenvalue weighted by Crippen LogP contribution is 2.74. The van der Waals surface area contributed by atoms with Gasteiger partial charge >= 0.3 is 21.2 Å². The van der Waals surface area contributed by atoms with E-state index in [-0.39, 0.29) is 26.4 Å². The van der Waals surface area contributed by atoms with Crippen molar-refractivity contribution in [1.29, 1.82) is 0 Å². The van der Waals surface area contributed by atoms with Crippen LogP contribution >= 0.6 is 15.2 Å². The summed E-state index contributed by atoms with van der Waals surface area (Å²) in [5.41, 5.74) is 2.14. The zero-order valence-electron chi connectivity index (χ0n) is 22.9. The number of hydrogen-bond acceptors (Lipinski definition) is 9. The fraction of sp³-hybridized carbons (Fsp3) is 0.481. The lowest BCUT2D eigenvalue weighted by molar-refractivity contribution is -0.142. The molecule has 0 saturated heterocycles. The number of hydrogen-bond donors (Lipinski definition) is 0. The molecule has 0 radical (unpaired) electrons. The van der Waals surface area contributed by atoms with Crippen LogP contribution < -0.4 is 0 Å². The summed E-state index contributed by atoms with van der Waals surface area (Å²) in [7, 11) is -7.24. The second kappa shape index (κ2) is 15.5. The van der Waals surface area contributed by atoms with E-state index in [9.17, 15) is 13.9 Å². The lowest BCUT2D eigenvalue weighted by atomic mass is 9.92. The smallest absolute Gasteiger partial charge is 0.346 e. The SMILES string of the molecule is CCOP(=O)(OCC)C([C@H](c1cccc(C)c1)[C@H](N=Cc1ccccc1)C(=O)OC)P(=O)(OCC)OCC. The second-order valence-corrected chi connectivity index (χ2v) is 13.0. The third-order valence-corrected chi connectivity index (χ3v) is 11.7. The number of aliphatic imine (C=N–C) groups is 1. The largest absolute Gasteiger partial charge is 0.467 e. The molecule has 11 heteroatoms. The first kappa shape index (κ1) is 32.1. The zero-order valence-corrected chi connectivity index (χ0v) is 24.7. The Bertz CT molecular complexity index is 1090. The third-order valence-electron chi connectivity index (χ3n) is 5.60. The summed E-state index contributed by atoms with van der Waals surface area (Å²) in [4.78, 5) is 17.9. The van der Waals surface area contributed by atoms with E-state index in [1.165, 1.54) is 13.3 Å². The predicted molar refractivity (Wildman–Crippen MR) is 149 cm³/mol. The van der Waals surface area contributed by atoms with E-state index in [0.29, 0.717) is 5.56 Å². The van der Waals surface area contributed by atoms with Crippen molar-refractivity contribution in [2.45, 2.75) is 52.0 Å². The van der Waals surface area contributed by atoms with Gasteiger partial charge in [-0.1, -0.05) is 60.2 Å². The predicted octanol–water partition coefficient (Wildman–Crippen LogP) is 6.60. The number of carbonyl (C=O) groups excluding carboxylic acids is 1. The van der Waals surface area contributed by atoms with Crippen LogP contribution in [0.5, 0.6) is 0 Å². The van der Waals surface area contributed by atoms with E-state index in [0.717, 1.165) is 11.1 Å². The lowest BCUT2D eigenvalue weighted by Gasteiger charge is -2.38. The first-order chi connectivity index (χ1) is 18.2. The maximum absolute atomic E-state index is 14.5. The Morgan fingerprint density at radius 3 is 1.82 bits per heavy atom. The van der Waals surface area contributed by atoms with Gasteiger partial charge in [-0.05, 0) is 45.7 Å². The van der Waals surface area contributed by atoms with Gasteiger partial charge in [0, 0.05) is 12.1 Å². The Morgan fingerprint density at radius 1 is 0.842 bits per heavy atom. The van der Waals surface area contributed by atoms with Crippen molar-refractivity contribution in [1.82, 2.24) is 0 Å². The molecule has 0 unspecified atom stereocenters. The van der Waals surface area contributed by atoms with Crippen molar-refractivity contribution in [2.75, 3.05) is 33.5 Å². The molecule has 0 N–H and O–H groups in total. The highest BCUT2D eigenvalue weighted by molar-refractivity contribution is 7.72. The van der Waals surface area contributed by atoms with Crippen molar-refractivity contribution in [2.24, 2.45) is 4.99 Å². The van der Waals surface area contributed by atoms with Crippen molar-refractivity contribution in [3.8, 4) is 0 Å². The van der Waals surface area contributed by atoms with Gasteiger partial charge in [-0.2, -0.15) is 0 Å². The summed E-state index contributed by atoms with van der Waals surface area (Å²) in [6.45, 7) is 8.51. The summed E-state index contributed by atoms with van der Waals surface area (Å²) < 4.78 is 57.1. The molecule has 2 atom stereocenters. The molecule has 0 aliphatic rings. The Morgan fingerprint density at radius 2 is 1.37 bits per heavy atom. The number of ether oxygens (including phenoxy) is 1. The molecule has 0 amide bonds. The molecule has 0 aromatic heterocycles. The molecule has 0 heterocycles. The summed E-state index contributed by atoms with van der Waals surface area (Å²) in [6.07, 6.45) is 1.53. The molecule has 0 fully saturated rings. The van der Waals surface area contributed by atoms with E-state index >= 15 is 0 Å². The molecule has 210 valence electrons. The van der Waals surface area contributed by atoms with Crippen LogP contribution in [-0.4, -0.2) is 57.2 Å². The summed E-state index contributed by atoms with van der Waals surface area (Å²) in [6, 6.07) is 15.2. The molecule has 0 aliphatic carbocycles. The molecule has 0 spiro atoms. The summed E-state index contributed by atoms with van der Waals surface area (Å²) >= 11 is 0. The number of esters is 1. The summed E-state index contributed by atoms with van der Waals surface area (Å²) in [5.74, 6) is -1.83. The second-order valence-electron chi connectivity index (χ2n) is 8.26. The number of methoxy groups -OCH3 is 1. The van der Waals surface area contributed by atoms with Crippen LogP contribution in [0.1, 0.15) is 50.3 Å². The number of nitrogens with zero attached hydrogens (tertiary/aromatic N) is 1. The van der Waals surface area contributed by atoms with Gasteiger partial charge in [-0.3, -0.25) is 14.1 Å². The van der Waals surface area contributed by atoms with Gasteiger partial charge in [0.05, 0.1) is 33.5 Å². The van der Waals surface area contributed by atoms with E-state index in [4.69, 9.17) is 22.8 Å². The van der Waals surface area contributed by atoms with Crippen LogP contribution in [0.3, 0.4) is 0 Å². The Hall–Kier alpha value is -2.12. The molecular formula is C27H39NO8P2. The van der Waals surface area contributed by atoms with Gasteiger partial charge in [0.1, 0.15) is 0 Å². The van der Waals surface area contributed by atoms with Crippen LogP contribution in [-0.2, 0) is 36.8 Å². The molecule has 0 aliphatic heterocycles. The van der Waals surface area contributed by atoms with E-state index in [2.05, 4.69) is 4.99 Å². The lowest BCUT2D eigenvalue weighted by Crippen LogP contribution is -2.37. The minimum Gasteiger partial charge on any atom is -0.467 e. The highest BCUT2D eigenvalue weighted by Gasteiger charge is 2.58. The minimum absolute atomic E-state index is 0.00272. The number of aryl methyl sites for hydroxylation is 1. The molecular weight excluding hydrogens is 528 g/mol. The summed E-state index contributed by atoms with van der Waals surface area (Å²) in [5, 5.41) is -1.52. The average molecular weight is 568 g/mol. The maximum atomic E-state index is 14.5. The van der Waals surface area contributed by atoms with E-state index in [1.54, 1.807) is 39.8 Å². The Balaban J connectivity index is 2.94. The van der Waals surface area contributed by atoms with Crippen LogP contribution in [0.2, 0.25) is 0 Å². The van der Waals surface area contributed by atoms with Crippen molar-refractivity contribution in [3.63, 3.8) is 0 Å². The molecule has 2 aromatic rings. The van der Waals surface area contributed by atoms with Crippen LogP contribution in [0.4, 0.5) is 0 Å². The molecule has 2 rings (SSSR count). The van der Waals surface area contributed by atoms with Gasteiger partial charge in [-0.25, -0.2) is 4.79 Å². The van der Waals surface area contributed by atoms with Crippen LogP contribution in [0.15, 0.2) is 59.6 Å². The van der Waals surface area contributed by atoms with Gasteiger partial charge in [0.2, 0.25) is 0 Å². The van der Waals surface area contributed by atoms with Gasteiger partial charge in [-0.15, -0.1) is 0 Å². The fourth-order valence-electron chi connectivity index (χ4n) is 4.19. The minimum atomic E-state index is -4.24. The van der Waals surface area contributed by atoms with E-state index < -0.39 is 38.5 Å². The monoisotopic (exact) mass is 567 g/mol. The van der Waals surface area contributed by atoms with Crippen molar-refractivity contribution >= 4 is 27.4 Å². The number of carbonyl (C=O) groups is 1. The Kier molecular flexibility index (Phi) is 13.1. The maximum Gasteiger partial charge on any atom is 0.346 e. The van der Waals surface area contributed by atoms with Crippen LogP contribution in [0, 0.1) is 6.92 Å². The normalized spacial score (nSPS) is 14.1. The average Bonchev–Trinajstić information content (AvgIpc) is 2.89. The van der Waals surface area contributed by atoms with Crippen molar-refractivity contribution < 1.29 is 36.8 Å². The molecule has 0 saturated carbocycles. The molecule has 9 nitrogen and oxygen atoms in total. The van der Waals surface area contributed by atoms with Gasteiger partial charge in [0.25, 0.3) is 0 Å². The first-order valence-corrected chi connectivity index (χ1v) is 15.9. The zero-order chi connectivity index (χ0) is 28.2. The highest BCUT2D eigenvalue weighted by atomic mass is 31.2. The van der Waals surface area contributed by atoms with E-state index in [1.807, 2.05) is 49.4 Å². The van der Waals surface area contributed by atoms with Crippen LogP contribution in [0.25, 0.3) is 0 Å². The molecule has 38 heavy (non-hydrogen) atoms. The Labute approximate surface area is 226 Å². The number of benzene rings is 2. The van der Waals surface area contributed by atoms with Crippen molar-refractivity contribution in [3.05, 3.63) is 71.3 Å². The standard InChI is InChI=1S/C27H39NO8P2/c1-7-33-37(30,34-8-2)27(38(31,35-9-3)36-10-4)24(23-18-14-15-21(5)19-23)25(26(29)32-6)28-20-22-16-12-11-13-17-22/h11-20,24-25,27H,7-10H2,1-6H3/t24-,25+/m1/s1. The topological polar surface area (TPSA) is 110 Å². The third kappa shape index (κ3) is 8.19. The first-order valence-electron chi connectivity index (χ1n) is 12.7. The molecule has 2 aromatic carbocycles. The quantitative estimate of drug-likeness (QED) is 0.127. The molecule has 0 bridgehead atoms. The van der Waals surface area contributed by atoms with Gasteiger partial charge in [0.15, 0.2) is 11.4 Å². The fourth-order valence-corrected chi connectivity index (χ4v) is 10.0.